The van der Waals surface area contributed by atoms with Gasteiger partial charge in [-0.2, -0.15) is 0 Å². The third-order valence-corrected chi connectivity index (χ3v) is 4.28. The van der Waals surface area contributed by atoms with Gasteiger partial charge >= 0.3 is 0 Å². The van der Waals surface area contributed by atoms with E-state index in [1.807, 2.05) is 6.92 Å². The standard InChI is InChI=1S/C14H24O/c1-10(9-15)8-11(2)13-7-6-12(3)14(13,4)5/h6,9-11,13H,7-8H2,1-5H3/t10-,11-,13?/m0/s1. The van der Waals surface area contributed by atoms with Crippen LogP contribution >= 0.6 is 0 Å². The second kappa shape index (κ2) is 4.51. The van der Waals surface area contributed by atoms with E-state index in [0.717, 1.165) is 12.7 Å². The van der Waals surface area contributed by atoms with E-state index >= 15 is 0 Å². The summed E-state index contributed by atoms with van der Waals surface area (Å²) >= 11 is 0. The molecule has 1 aliphatic carbocycles. The molecule has 15 heavy (non-hydrogen) atoms. The van der Waals surface area contributed by atoms with Gasteiger partial charge in [0.15, 0.2) is 0 Å². The van der Waals surface area contributed by atoms with Crippen molar-refractivity contribution in [2.75, 3.05) is 0 Å². The van der Waals surface area contributed by atoms with Gasteiger partial charge in [0.2, 0.25) is 0 Å². The maximum atomic E-state index is 10.7. The second-order valence-corrected chi connectivity index (χ2v) is 5.78. The van der Waals surface area contributed by atoms with E-state index in [1.54, 1.807) is 0 Å². The molecule has 0 spiro atoms. The Morgan fingerprint density at radius 2 is 2.13 bits per heavy atom. The number of carbonyl (C=O) groups is 1. The van der Waals surface area contributed by atoms with E-state index in [9.17, 15) is 4.79 Å². The van der Waals surface area contributed by atoms with Crippen molar-refractivity contribution < 1.29 is 4.79 Å². The van der Waals surface area contributed by atoms with E-state index in [1.165, 1.54) is 12.0 Å². The number of hydrogen-bond acceptors (Lipinski definition) is 1. The highest BCUT2D eigenvalue weighted by Gasteiger charge is 2.38. The summed E-state index contributed by atoms with van der Waals surface area (Å²) in [6.45, 7) is 11.2. The average Bonchev–Trinajstić information content (AvgIpc) is 2.41. The molecule has 0 N–H and O–H groups in total. The third kappa shape index (κ3) is 2.50. The van der Waals surface area contributed by atoms with Crippen LogP contribution < -0.4 is 0 Å². The first-order valence-electron chi connectivity index (χ1n) is 6.02. The number of carbonyl (C=O) groups excluding carboxylic acids is 1. The molecule has 0 fully saturated rings. The minimum absolute atomic E-state index is 0.205. The van der Waals surface area contributed by atoms with E-state index in [2.05, 4.69) is 33.8 Å². The highest BCUT2D eigenvalue weighted by molar-refractivity contribution is 5.52. The smallest absolute Gasteiger partial charge is 0.122 e. The molecule has 0 heterocycles. The molecule has 0 saturated heterocycles. The predicted octanol–water partition coefficient (Wildman–Crippen LogP) is 3.84. The molecule has 0 saturated carbocycles. The molecule has 1 rings (SSSR count). The number of hydrogen-bond donors (Lipinski definition) is 0. The number of rotatable bonds is 4. The molecule has 0 amide bonds. The zero-order valence-corrected chi connectivity index (χ0v) is 10.7. The van der Waals surface area contributed by atoms with Crippen molar-refractivity contribution in [2.45, 2.75) is 47.5 Å². The molecule has 0 aromatic rings. The van der Waals surface area contributed by atoms with Crippen molar-refractivity contribution in [3.8, 4) is 0 Å². The largest absolute Gasteiger partial charge is 0.303 e. The van der Waals surface area contributed by atoms with Gasteiger partial charge in [-0.15, -0.1) is 0 Å². The van der Waals surface area contributed by atoms with Gasteiger partial charge in [0, 0.05) is 5.92 Å². The molecule has 1 nitrogen and oxygen atoms in total. The van der Waals surface area contributed by atoms with Crippen LogP contribution in [0.1, 0.15) is 47.5 Å². The lowest BCUT2D eigenvalue weighted by Gasteiger charge is -2.34. The third-order valence-electron chi connectivity index (χ3n) is 4.28. The van der Waals surface area contributed by atoms with Gasteiger partial charge in [0.1, 0.15) is 6.29 Å². The molecule has 0 bridgehead atoms. The summed E-state index contributed by atoms with van der Waals surface area (Å²) in [7, 11) is 0. The predicted molar refractivity (Wildman–Crippen MR) is 64.7 cm³/mol. The Balaban J connectivity index is 2.63. The Morgan fingerprint density at radius 3 is 2.53 bits per heavy atom. The van der Waals surface area contributed by atoms with Crippen LogP contribution in [-0.4, -0.2) is 6.29 Å². The molecular weight excluding hydrogens is 184 g/mol. The van der Waals surface area contributed by atoms with Crippen molar-refractivity contribution in [1.29, 1.82) is 0 Å². The fraction of sp³-hybridized carbons (Fsp3) is 0.786. The van der Waals surface area contributed by atoms with E-state index in [4.69, 9.17) is 0 Å². The first-order chi connectivity index (χ1) is 6.89. The number of allylic oxidation sites excluding steroid dienone is 2. The second-order valence-electron chi connectivity index (χ2n) is 5.78. The first-order valence-corrected chi connectivity index (χ1v) is 6.02. The maximum Gasteiger partial charge on any atom is 0.122 e. The van der Waals surface area contributed by atoms with Crippen molar-refractivity contribution in [3.63, 3.8) is 0 Å². The SMILES string of the molecule is CC1=CCC([C@@H](C)C[C@H](C)C=O)C1(C)C. The zero-order valence-electron chi connectivity index (χ0n) is 10.7. The van der Waals surface area contributed by atoms with Crippen LogP contribution in [0.2, 0.25) is 0 Å². The summed E-state index contributed by atoms with van der Waals surface area (Å²) in [5, 5.41) is 0. The highest BCUT2D eigenvalue weighted by Crippen LogP contribution is 2.47. The monoisotopic (exact) mass is 208 g/mol. The van der Waals surface area contributed by atoms with Crippen molar-refractivity contribution >= 4 is 6.29 Å². The van der Waals surface area contributed by atoms with Gasteiger partial charge in [0.05, 0.1) is 0 Å². The van der Waals surface area contributed by atoms with Gasteiger partial charge < -0.3 is 4.79 Å². The number of aldehydes is 1. The molecule has 0 aliphatic heterocycles. The Kier molecular flexibility index (Phi) is 3.75. The first kappa shape index (κ1) is 12.5. The Hall–Kier alpha value is -0.590. The highest BCUT2D eigenvalue weighted by atomic mass is 16.1. The lowest BCUT2D eigenvalue weighted by molar-refractivity contribution is -0.111. The molecular formula is C14H24O. The lowest BCUT2D eigenvalue weighted by Crippen LogP contribution is -2.27. The quantitative estimate of drug-likeness (QED) is 0.507. The minimum Gasteiger partial charge on any atom is -0.303 e. The molecule has 1 unspecified atom stereocenters. The van der Waals surface area contributed by atoms with Gasteiger partial charge in [-0.05, 0) is 37.0 Å². The fourth-order valence-corrected chi connectivity index (χ4v) is 2.90. The Labute approximate surface area is 93.9 Å². The maximum absolute atomic E-state index is 10.7. The average molecular weight is 208 g/mol. The van der Waals surface area contributed by atoms with E-state index in [0.29, 0.717) is 17.3 Å². The van der Waals surface area contributed by atoms with E-state index < -0.39 is 0 Å². The summed E-state index contributed by atoms with van der Waals surface area (Å²) in [5.41, 5.74) is 1.83. The topological polar surface area (TPSA) is 17.1 Å². The van der Waals surface area contributed by atoms with Crippen LogP contribution in [0.3, 0.4) is 0 Å². The van der Waals surface area contributed by atoms with Gasteiger partial charge in [-0.25, -0.2) is 0 Å². The van der Waals surface area contributed by atoms with E-state index in [-0.39, 0.29) is 5.92 Å². The van der Waals surface area contributed by atoms with Crippen molar-refractivity contribution in [1.82, 2.24) is 0 Å². The lowest BCUT2D eigenvalue weighted by atomic mass is 9.70. The summed E-state index contributed by atoms with van der Waals surface area (Å²) < 4.78 is 0. The van der Waals surface area contributed by atoms with Crippen LogP contribution in [0.15, 0.2) is 11.6 Å². The minimum atomic E-state index is 0.205. The molecule has 86 valence electrons. The molecule has 3 atom stereocenters. The van der Waals surface area contributed by atoms with Crippen molar-refractivity contribution in [2.24, 2.45) is 23.2 Å². The van der Waals surface area contributed by atoms with Gasteiger partial charge in [-0.1, -0.05) is 39.3 Å². The van der Waals surface area contributed by atoms with Crippen LogP contribution in [0.25, 0.3) is 0 Å². The fourth-order valence-electron chi connectivity index (χ4n) is 2.90. The van der Waals surface area contributed by atoms with Crippen LogP contribution in [0, 0.1) is 23.2 Å². The van der Waals surface area contributed by atoms with Gasteiger partial charge in [0.25, 0.3) is 0 Å². The summed E-state index contributed by atoms with van der Waals surface area (Å²) in [6.07, 6.45) is 5.66. The van der Waals surface area contributed by atoms with Crippen LogP contribution in [-0.2, 0) is 4.79 Å². The summed E-state index contributed by atoms with van der Waals surface area (Å²) in [5.74, 6) is 1.55. The molecule has 0 aromatic carbocycles. The van der Waals surface area contributed by atoms with Crippen LogP contribution in [0.4, 0.5) is 0 Å². The summed E-state index contributed by atoms with van der Waals surface area (Å²) in [4.78, 5) is 10.7. The van der Waals surface area contributed by atoms with Crippen molar-refractivity contribution in [3.05, 3.63) is 11.6 Å². The molecule has 0 radical (unpaired) electrons. The van der Waals surface area contributed by atoms with Crippen LogP contribution in [0.5, 0.6) is 0 Å². The van der Waals surface area contributed by atoms with Gasteiger partial charge in [-0.3, -0.25) is 0 Å². The molecule has 0 aromatic heterocycles. The summed E-state index contributed by atoms with van der Waals surface area (Å²) in [6, 6.07) is 0. The Morgan fingerprint density at radius 1 is 1.53 bits per heavy atom. The Bertz CT molecular complexity index is 263. The molecule has 1 heteroatoms. The molecule has 1 aliphatic rings. The zero-order chi connectivity index (χ0) is 11.6. The normalized spacial score (nSPS) is 28.3.